The van der Waals surface area contributed by atoms with E-state index in [9.17, 15) is 10.1 Å². The molecule has 2 fully saturated rings. The number of nitrogens with zero attached hydrogens (tertiary/aromatic N) is 1. The molecule has 2 aromatic rings. The Morgan fingerprint density at radius 2 is 2.33 bits per heavy atom. The lowest BCUT2D eigenvalue weighted by molar-refractivity contribution is -0.124. The third-order valence-corrected chi connectivity index (χ3v) is 5.54. The molecule has 1 aromatic heterocycles. The number of nitriles is 1. The zero-order chi connectivity index (χ0) is 16.7. The molecule has 1 saturated heterocycles. The largest absolute Gasteiger partial charge is 0.461 e. The van der Waals surface area contributed by atoms with E-state index in [1.807, 2.05) is 24.3 Å². The molecule has 124 valence electrons. The van der Waals surface area contributed by atoms with Crippen molar-refractivity contribution in [2.75, 3.05) is 0 Å². The Bertz CT molecular complexity index is 825. The molecule has 4 rings (SSSR count). The van der Waals surface area contributed by atoms with Gasteiger partial charge in [0.25, 0.3) is 0 Å². The molecule has 2 N–H and O–H groups in total. The van der Waals surface area contributed by atoms with Crippen molar-refractivity contribution in [3.8, 4) is 6.07 Å². The minimum Gasteiger partial charge on any atom is -0.461 e. The molecular formula is C18H18BrN3O2. The molecule has 2 aliphatic rings. The monoisotopic (exact) mass is 387 g/mol. The summed E-state index contributed by atoms with van der Waals surface area (Å²) >= 11 is 3.43. The van der Waals surface area contributed by atoms with Gasteiger partial charge in [-0.1, -0.05) is 15.9 Å². The number of benzene rings is 1. The van der Waals surface area contributed by atoms with Crippen molar-refractivity contribution in [3.05, 3.63) is 34.5 Å². The standard InChI is InChI=1S/C18H18BrN3O2/c19-12-2-4-16-11(5-12)7-15(24-16)8-14(9-20)22-18(23)17-10-1-3-13(6-10)21-17/h2,4-5,7,10,13-14,17,21H,1,3,6,8H2,(H,22,23)/t10-,13-,14?,17-/m0/s1. The van der Waals surface area contributed by atoms with Crippen LogP contribution in [0.25, 0.3) is 11.0 Å². The van der Waals surface area contributed by atoms with E-state index in [1.165, 1.54) is 0 Å². The summed E-state index contributed by atoms with van der Waals surface area (Å²) in [4.78, 5) is 12.4. The fourth-order valence-electron chi connectivity index (χ4n) is 3.91. The Morgan fingerprint density at radius 3 is 3.04 bits per heavy atom. The summed E-state index contributed by atoms with van der Waals surface area (Å²) in [7, 11) is 0. The van der Waals surface area contributed by atoms with Crippen molar-refractivity contribution in [1.82, 2.24) is 10.6 Å². The molecule has 0 spiro atoms. The molecule has 1 saturated carbocycles. The lowest BCUT2D eigenvalue weighted by atomic mass is 9.99. The SMILES string of the molecule is N#CC(Cc1cc2cc(Br)ccc2o1)NC(=O)[C@H]1N[C@H]2CC[C@H]1C2. The van der Waals surface area contributed by atoms with Gasteiger partial charge in [0.2, 0.25) is 5.91 Å². The van der Waals surface area contributed by atoms with Crippen LogP contribution in [-0.2, 0) is 11.2 Å². The van der Waals surface area contributed by atoms with Crippen molar-refractivity contribution < 1.29 is 9.21 Å². The number of amides is 1. The van der Waals surface area contributed by atoms with Crippen LogP contribution in [-0.4, -0.2) is 24.0 Å². The number of piperidine rings is 1. The second kappa shape index (κ2) is 6.23. The van der Waals surface area contributed by atoms with E-state index < -0.39 is 6.04 Å². The number of carbonyl (C=O) groups is 1. The van der Waals surface area contributed by atoms with Crippen LogP contribution in [0, 0.1) is 17.2 Å². The maximum absolute atomic E-state index is 12.4. The van der Waals surface area contributed by atoms with Crippen LogP contribution in [0.4, 0.5) is 0 Å². The first-order valence-corrected chi connectivity index (χ1v) is 9.05. The van der Waals surface area contributed by atoms with Crippen molar-refractivity contribution in [3.63, 3.8) is 0 Å². The summed E-state index contributed by atoms with van der Waals surface area (Å²) in [6.07, 6.45) is 3.71. The molecule has 4 atom stereocenters. The Hall–Kier alpha value is -1.84. The zero-order valence-electron chi connectivity index (χ0n) is 13.1. The smallest absolute Gasteiger partial charge is 0.238 e. The third kappa shape index (κ3) is 2.94. The van der Waals surface area contributed by atoms with Crippen LogP contribution >= 0.6 is 15.9 Å². The number of carbonyl (C=O) groups excluding carboxylic acids is 1. The summed E-state index contributed by atoms with van der Waals surface area (Å²) in [5.74, 6) is 1.06. The minimum absolute atomic E-state index is 0.0624. The van der Waals surface area contributed by atoms with E-state index in [2.05, 4.69) is 32.6 Å². The first-order chi connectivity index (χ1) is 11.6. The van der Waals surface area contributed by atoms with E-state index >= 15 is 0 Å². The van der Waals surface area contributed by atoms with Gasteiger partial charge in [0, 0.05) is 22.3 Å². The Kier molecular flexibility index (Phi) is 4.07. The third-order valence-electron chi connectivity index (χ3n) is 5.05. The molecule has 2 bridgehead atoms. The summed E-state index contributed by atoms with van der Waals surface area (Å²) in [5.41, 5.74) is 0.783. The normalized spacial score (nSPS) is 26.4. The Balaban J connectivity index is 1.43. The number of rotatable bonds is 4. The van der Waals surface area contributed by atoms with Crippen LogP contribution in [0.2, 0.25) is 0 Å². The lowest BCUT2D eigenvalue weighted by Crippen LogP contribution is -2.50. The van der Waals surface area contributed by atoms with Gasteiger partial charge < -0.3 is 15.1 Å². The second-order valence-corrected chi connectivity index (χ2v) is 7.62. The van der Waals surface area contributed by atoms with Gasteiger partial charge in [-0.05, 0) is 49.4 Å². The summed E-state index contributed by atoms with van der Waals surface area (Å²) in [5, 5.41) is 16.6. The Morgan fingerprint density at radius 1 is 1.46 bits per heavy atom. The molecule has 2 heterocycles. The highest BCUT2D eigenvalue weighted by atomic mass is 79.9. The molecule has 1 aromatic carbocycles. The quantitative estimate of drug-likeness (QED) is 0.845. The Labute approximate surface area is 148 Å². The first-order valence-electron chi connectivity index (χ1n) is 8.26. The average molecular weight is 388 g/mol. The lowest BCUT2D eigenvalue weighted by Gasteiger charge is -2.23. The second-order valence-electron chi connectivity index (χ2n) is 6.70. The molecule has 1 aliphatic carbocycles. The fourth-order valence-corrected chi connectivity index (χ4v) is 4.29. The van der Waals surface area contributed by atoms with E-state index in [0.29, 0.717) is 24.1 Å². The molecule has 6 heteroatoms. The van der Waals surface area contributed by atoms with Gasteiger partial charge in [0.1, 0.15) is 17.4 Å². The van der Waals surface area contributed by atoms with Crippen molar-refractivity contribution in [1.29, 1.82) is 5.26 Å². The number of halogens is 1. The zero-order valence-corrected chi connectivity index (χ0v) is 14.7. The fraction of sp³-hybridized carbons (Fsp3) is 0.444. The highest BCUT2D eigenvalue weighted by molar-refractivity contribution is 9.10. The van der Waals surface area contributed by atoms with Crippen molar-refractivity contribution in [2.45, 2.75) is 43.8 Å². The molecule has 1 amide bonds. The topological polar surface area (TPSA) is 78.1 Å². The maximum Gasteiger partial charge on any atom is 0.238 e. The van der Waals surface area contributed by atoms with E-state index in [-0.39, 0.29) is 11.9 Å². The molecular weight excluding hydrogens is 370 g/mol. The van der Waals surface area contributed by atoms with Gasteiger partial charge in [0.05, 0.1) is 12.1 Å². The van der Waals surface area contributed by atoms with E-state index in [4.69, 9.17) is 4.42 Å². The van der Waals surface area contributed by atoms with Crippen LogP contribution < -0.4 is 10.6 Å². The molecule has 1 unspecified atom stereocenters. The molecule has 24 heavy (non-hydrogen) atoms. The van der Waals surface area contributed by atoms with Gasteiger partial charge in [-0.25, -0.2) is 0 Å². The minimum atomic E-state index is -0.581. The van der Waals surface area contributed by atoms with Crippen molar-refractivity contribution >= 4 is 32.8 Å². The van der Waals surface area contributed by atoms with Gasteiger partial charge in [-0.2, -0.15) is 5.26 Å². The maximum atomic E-state index is 12.4. The average Bonchev–Trinajstić information content (AvgIpc) is 3.28. The number of nitrogens with one attached hydrogen (secondary N) is 2. The van der Waals surface area contributed by atoms with E-state index in [1.54, 1.807) is 0 Å². The van der Waals surface area contributed by atoms with Crippen molar-refractivity contribution in [2.24, 2.45) is 5.92 Å². The summed E-state index contributed by atoms with van der Waals surface area (Å²) in [6, 6.07) is 9.62. The van der Waals surface area contributed by atoms with Gasteiger partial charge in [-0.3, -0.25) is 4.79 Å². The van der Waals surface area contributed by atoms with Crippen LogP contribution in [0.1, 0.15) is 25.0 Å². The molecule has 5 nitrogen and oxygen atoms in total. The number of hydrogen-bond donors (Lipinski definition) is 2. The van der Waals surface area contributed by atoms with Crippen LogP contribution in [0.5, 0.6) is 0 Å². The predicted octanol–water partition coefficient (Wildman–Crippen LogP) is 2.89. The summed E-state index contributed by atoms with van der Waals surface area (Å²) < 4.78 is 6.75. The molecule has 0 radical (unpaired) electrons. The number of furan rings is 1. The van der Waals surface area contributed by atoms with Gasteiger partial charge in [-0.15, -0.1) is 0 Å². The van der Waals surface area contributed by atoms with Crippen LogP contribution in [0.3, 0.4) is 0 Å². The number of fused-ring (bicyclic) bond motifs is 3. The summed E-state index contributed by atoms with van der Waals surface area (Å²) in [6.45, 7) is 0. The van der Waals surface area contributed by atoms with Crippen LogP contribution in [0.15, 0.2) is 33.2 Å². The predicted molar refractivity (Wildman–Crippen MR) is 93.2 cm³/mol. The number of hydrogen-bond acceptors (Lipinski definition) is 4. The van der Waals surface area contributed by atoms with Gasteiger partial charge >= 0.3 is 0 Å². The van der Waals surface area contributed by atoms with E-state index in [0.717, 1.165) is 34.7 Å². The van der Waals surface area contributed by atoms with Gasteiger partial charge in [0.15, 0.2) is 0 Å². The first kappa shape index (κ1) is 15.7. The molecule has 1 aliphatic heterocycles. The highest BCUT2D eigenvalue weighted by Crippen LogP contribution is 2.35. The highest BCUT2D eigenvalue weighted by Gasteiger charge is 2.43.